The molecule has 0 aliphatic carbocycles. The van der Waals surface area contributed by atoms with Crippen molar-refractivity contribution in [2.45, 2.75) is 38.5 Å². The number of ether oxygens (including phenoxy) is 1. The van der Waals surface area contributed by atoms with Gasteiger partial charge in [0.25, 0.3) is 0 Å². The SMILES string of the molecule is COC(=O)C1=C(C)N(c2cccc(C(F)(F)F)c2)c2n[nH]c(=O)n2C1c1ccc(C#N)cc1CC[N+](C)(C)C(C)c1ncc[nH]1. The molecule has 2 aromatic carbocycles. The number of halogens is 3. The number of aromatic nitrogens is 5. The predicted molar refractivity (Wildman–Crippen MR) is 158 cm³/mol. The van der Waals surface area contributed by atoms with Crippen molar-refractivity contribution in [3.63, 3.8) is 0 Å². The fourth-order valence-electron chi connectivity index (χ4n) is 5.68. The van der Waals surface area contributed by atoms with Gasteiger partial charge in [-0.05, 0) is 55.3 Å². The molecule has 14 heteroatoms. The van der Waals surface area contributed by atoms with E-state index in [-0.39, 0.29) is 28.9 Å². The second-order valence-electron chi connectivity index (χ2n) is 11.4. The second kappa shape index (κ2) is 11.7. The summed E-state index contributed by atoms with van der Waals surface area (Å²) in [5, 5.41) is 16.3. The number of carbonyl (C=O) groups excluding carboxylic acids is 1. The third-order valence-electron chi connectivity index (χ3n) is 8.47. The summed E-state index contributed by atoms with van der Waals surface area (Å²) in [5.41, 5.74) is 0.375. The average molecular weight is 622 g/mol. The van der Waals surface area contributed by atoms with Crippen molar-refractivity contribution in [2.24, 2.45) is 0 Å². The summed E-state index contributed by atoms with van der Waals surface area (Å²) in [7, 11) is 5.30. The zero-order valence-corrected chi connectivity index (χ0v) is 25.3. The monoisotopic (exact) mass is 621 g/mol. The highest BCUT2D eigenvalue weighted by Gasteiger charge is 2.41. The molecule has 0 spiro atoms. The zero-order valence-electron chi connectivity index (χ0n) is 25.3. The molecule has 0 radical (unpaired) electrons. The first-order valence-electron chi connectivity index (χ1n) is 14.1. The van der Waals surface area contributed by atoms with Crippen molar-refractivity contribution in [1.82, 2.24) is 24.7 Å². The molecule has 0 amide bonds. The normalized spacial score (nSPS) is 15.9. The molecule has 45 heavy (non-hydrogen) atoms. The van der Waals surface area contributed by atoms with Crippen LogP contribution in [-0.4, -0.2) is 62.9 Å². The number of nitrogens with zero attached hydrogens (tertiary/aromatic N) is 6. The Hall–Kier alpha value is -5.16. The first kappa shape index (κ1) is 31.3. The number of quaternary nitrogens is 1. The fraction of sp³-hybridized carbons (Fsp3) is 0.323. The van der Waals surface area contributed by atoms with Crippen molar-refractivity contribution >= 4 is 17.6 Å². The zero-order chi connectivity index (χ0) is 32.7. The van der Waals surface area contributed by atoms with Crippen LogP contribution in [0, 0.1) is 11.3 Å². The van der Waals surface area contributed by atoms with Gasteiger partial charge < -0.3 is 14.2 Å². The lowest BCUT2D eigenvalue weighted by Crippen LogP contribution is -2.44. The molecule has 0 fully saturated rings. The van der Waals surface area contributed by atoms with Crippen LogP contribution >= 0.6 is 0 Å². The molecule has 5 rings (SSSR count). The number of rotatable bonds is 8. The Bertz CT molecular complexity index is 1870. The summed E-state index contributed by atoms with van der Waals surface area (Å²) < 4.78 is 47.9. The number of benzene rings is 2. The van der Waals surface area contributed by atoms with Crippen molar-refractivity contribution in [2.75, 3.05) is 32.6 Å². The van der Waals surface area contributed by atoms with Gasteiger partial charge in [-0.3, -0.25) is 4.90 Å². The molecule has 0 saturated heterocycles. The standard InChI is InChI=1S/C31H31F3N8O3/c1-18-25(28(43)45-5)26(41-29(38-39-30(41)44)40(18)23-8-6-7-22(16-23)31(32,33)34)24-10-9-20(17-35)15-21(24)11-14-42(3,4)19(2)27-36-12-13-37-27/h6-10,12-13,15-16,19,26H,11,14H2,1-5H3,(H-,36,37,39,44)/p+1. The number of hydrogen-bond donors (Lipinski definition) is 2. The summed E-state index contributed by atoms with van der Waals surface area (Å²) in [6, 6.07) is 10.6. The van der Waals surface area contributed by atoms with E-state index in [0.717, 1.165) is 18.0 Å². The van der Waals surface area contributed by atoms with Crippen LogP contribution in [0.25, 0.3) is 0 Å². The van der Waals surface area contributed by atoms with Crippen molar-refractivity contribution in [3.8, 4) is 6.07 Å². The van der Waals surface area contributed by atoms with Crippen LogP contribution in [0.1, 0.15) is 54.0 Å². The average Bonchev–Trinajstić information content (AvgIpc) is 3.69. The Labute approximate surface area is 256 Å². The predicted octanol–water partition coefficient (Wildman–Crippen LogP) is 4.75. The molecule has 2 aromatic heterocycles. The van der Waals surface area contributed by atoms with E-state index in [9.17, 15) is 28.0 Å². The lowest BCUT2D eigenvalue weighted by atomic mass is 9.88. The van der Waals surface area contributed by atoms with Gasteiger partial charge in [-0.15, -0.1) is 5.10 Å². The minimum Gasteiger partial charge on any atom is -0.466 e. The molecule has 11 nitrogen and oxygen atoms in total. The van der Waals surface area contributed by atoms with Crippen LogP contribution in [0.2, 0.25) is 0 Å². The van der Waals surface area contributed by atoms with Crippen molar-refractivity contribution in [3.05, 3.63) is 105 Å². The van der Waals surface area contributed by atoms with E-state index in [1.165, 1.54) is 28.7 Å². The number of nitriles is 1. The van der Waals surface area contributed by atoms with E-state index >= 15 is 0 Å². The molecular weight excluding hydrogens is 589 g/mol. The van der Waals surface area contributed by atoms with Crippen LogP contribution in [0.5, 0.6) is 0 Å². The number of H-pyrrole nitrogens is 2. The molecule has 234 valence electrons. The number of methoxy groups -OCH3 is 1. The molecule has 2 atom stereocenters. The van der Waals surface area contributed by atoms with E-state index in [2.05, 4.69) is 40.3 Å². The molecular formula is C31H32F3N8O3+. The molecule has 3 heterocycles. The Kier molecular flexibility index (Phi) is 8.15. The maximum Gasteiger partial charge on any atom is 0.416 e. The Morgan fingerprint density at radius 2 is 1.98 bits per heavy atom. The van der Waals surface area contributed by atoms with Gasteiger partial charge in [-0.2, -0.15) is 18.4 Å². The number of allylic oxidation sites excluding steroid dienone is 1. The van der Waals surface area contributed by atoms with Crippen molar-refractivity contribution in [1.29, 1.82) is 5.26 Å². The van der Waals surface area contributed by atoms with Gasteiger partial charge in [-0.1, -0.05) is 12.1 Å². The number of carbonyl (C=O) groups is 1. The van der Waals surface area contributed by atoms with Crippen molar-refractivity contribution < 1.29 is 27.2 Å². The van der Waals surface area contributed by atoms with Gasteiger partial charge in [0, 0.05) is 30.2 Å². The summed E-state index contributed by atoms with van der Waals surface area (Å²) in [6.45, 7) is 4.21. The molecule has 0 bridgehead atoms. The number of hydrogen-bond acceptors (Lipinski definition) is 7. The van der Waals surface area contributed by atoms with Gasteiger partial charge in [0.05, 0.1) is 50.5 Å². The van der Waals surface area contributed by atoms with Crippen LogP contribution < -0.4 is 10.6 Å². The Morgan fingerprint density at radius 3 is 2.62 bits per heavy atom. The third kappa shape index (κ3) is 5.74. The first-order chi connectivity index (χ1) is 21.3. The summed E-state index contributed by atoms with van der Waals surface area (Å²) in [4.78, 5) is 35.7. The van der Waals surface area contributed by atoms with Gasteiger partial charge in [0.2, 0.25) is 5.95 Å². The fourth-order valence-corrected chi connectivity index (χ4v) is 5.68. The topological polar surface area (TPSA) is 133 Å². The summed E-state index contributed by atoms with van der Waals surface area (Å²) in [6.07, 6.45) is -0.725. The summed E-state index contributed by atoms with van der Waals surface area (Å²) in [5.74, 6) is 0.0347. The van der Waals surface area contributed by atoms with Crippen LogP contribution in [-0.2, 0) is 22.1 Å². The molecule has 1 aliphatic heterocycles. The first-order valence-corrected chi connectivity index (χ1v) is 14.1. The molecule has 0 saturated carbocycles. The number of likely N-dealkylation sites (N-methyl/N-ethyl adjacent to an activating group) is 1. The number of esters is 1. The molecule has 1 aliphatic rings. The van der Waals surface area contributed by atoms with E-state index in [0.29, 0.717) is 34.1 Å². The van der Waals surface area contributed by atoms with Crippen LogP contribution in [0.15, 0.2) is 70.9 Å². The maximum absolute atomic E-state index is 13.7. The van der Waals surface area contributed by atoms with Gasteiger partial charge >= 0.3 is 17.8 Å². The Balaban J connectivity index is 1.67. The molecule has 4 aromatic rings. The Morgan fingerprint density at radius 1 is 1.22 bits per heavy atom. The maximum atomic E-state index is 13.7. The van der Waals surface area contributed by atoms with Crippen LogP contribution in [0.4, 0.5) is 24.8 Å². The number of nitrogens with one attached hydrogen (secondary N) is 2. The number of fused-ring (bicyclic) bond motifs is 1. The highest BCUT2D eigenvalue weighted by atomic mass is 19.4. The molecule has 2 N–H and O–H groups in total. The van der Waals surface area contributed by atoms with Gasteiger partial charge in [0.15, 0.2) is 5.82 Å². The highest BCUT2D eigenvalue weighted by molar-refractivity contribution is 5.93. The largest absolute Gasteiger partial charge is 0.466 e. The van der Waals surface area contributed by atoms with Gasteiger partial charge in [-0.25, -0.2) is 24.2 Å². The second-order valence-corrected chi connectivity index (χ2v) is 11.4. The number of alkyl halides is 3. The number of anilines is 2. The van der Waals surface area contributed by atoms with E-state index in [1.807, 2.05) is 6.92 Å². The lowest BCUT2D eigenvalue weighted by Gasteiger charge is -2.37. The minimum atomic E-state index is -4.62. The lowest BCUT2D eigenvalue weighted by molar-refractivity contribution is -0.919. The van der Waals surface area contributed by atoms with Gasteiger partial charge in [0.1, 0.15) is 12.1 Å². The minimum absolute atomic E-state index is 0.00540. The quantitative estimate of drug-likeness (QED) is 0.214. The smallest absolute Gasteiger partial charge is 0.416 e. The number of aromatic amines is 2. The third-order valence-corrected chi connectivity index (χ3v) is 8.47. The van der Waals surface area contributed by atoms with Crippen LogP contribution in [0.3, 0.4) is 0 Å². The van der Waals surface area contributed by atoms with E-state index < -0.39 is 29.4 Å². The van der Waals surface area contributed by atoms with E-state index in [1.54, 1.807) is 37.5 Å². The number of imidazole rings is 1. The summed E-state index contributed by atoms with van der Waals surface area (Å²) >= 11 is 0. The van der Waals surface area contributed by atoms with E-state index in [4.69, 9.17) is 4.74 Å². The molecule has 2 unspecified atom stereocenters. The highest BCUT2D eigenvalue weighted by Crippen LogP contribution is 2.43.